The van der Waals surface area contributed by atoms with E-state index in [4.69, 9.17) is 11.6 Å². The summed E-state index contributed by atoms with van der Waals surface area (Å²) in [5, 5.41) is 11.0. The lowest BCUT2D eigenvalue weighted by Crippen LogP contribution is -2.37. The zero-order chi connectivity index (χ0) is 14.5. The van der Waals surface area contributed by atoms with Crippen molar-refractivity contribution in [2.75, 3.05) is 40.3 Å². The Balaban J connectivity index is 1.82. The first-order chi connectivity index (χ1) is 9.56. The van der Waals surface area contributed by atoms with Crippen LogP contribution in [0.5, 0.6) is 0 Å². The minimum Gasteiger partial charge on any atom is -0.387 e. The number of likely N-dealkylation sites (N-methyl/N-ethyl adjacent to an activating group) is 1. The van der Waals surface area contributed by atoms with Crippen LogP contribution in [0.25, 0.3) is 0 Å². The lowest BCUT2D eigenvalue weighted by Gasteiger charge is -2.32. The Bertz CT molecular complexity index is 419. The Hall–Kier alpha value is -0.610. The molecule has 0 amide bonds. The van der Waals surface area contributed by atoms with Crippen LogP contribution in [-0.2, 0) is 0 Å². The standard InChI is InChI=1S/C16H25ClN2O/c1-18-9-7-13(8-10-18)11-19(2)12-16(20)14-5-3-4-6-15(14)17/h3-6,13,16,20H,7-12H2,1-2H3. The molecule has 3 nitrogen and oxygen atoms in total. The largest absolute Gasteiger partial charge is 0.387 e. The first-order valence-corrected chi connectivity index (χ1v) is 7.73. The van der Waals surface area contributed by atoms with E-state index in [-0.39, 0.29) is 0 Å². The number of hydrogen-bond acceptors (Lipinski definition) is 3. The van der Waals surface area contributed by atoms with E-state index in [1.807, 2.05) is 24.3 Å². The highest BCUT2D eigenvalue weighted by atomic mass is 35.5. The van der Waals surface area contributed by atoms with Crippen molar-refractivity contribution in [2.45, 2.75) is 18.9 Å². The molecule has 1 fully saturated rings. The van der Waals surface area contributed by atoms with E-state index in [0.717, 1.165) is 18.0 Å². The molecule has 1 aliphatic rings. The number of piperidine rings is 1. The van der Waals surface area contributed by atoms with E-state index >= 15 is 0 Å². The zero-order valence-corrected chi connectivity index (χ0v) is 13.2. The van der Waals surface area contributed by atoms with E-state index in [9.17, 15) is 5.11 Å². The van der Waals surface area contributed by atoms with E-state index in [1.165, 1.54) is 25.9 Å². The Kier molecular flexibility index (Phi) is 5.85. The number of nitrogens with zero attached hydrogens (tertiary/aromatic N) is 2. The van der Waals surface area contributed by atoms with Crippen LogP contribution in [0, 0.1) is 5.92 Å². The van der Waals surface area contributed by atoms with Gasteiger partial charge in [-0.05, 0) is 52.0 Å². The quantitative estimate of drug-likeness (QED) is 0.905. The van der Waals surface area contributed by atoms with E-state index in [0.29, 0.717) is 11.6 Å². The summed E-state index contributed by atoms with van der Waals surface area (Å²) in [4.78, 5) is 4.61. The molecule has 1 atom stereocenters. The van der Waals surface area contributed by atoms with E-state index < -0.39 is 6.10 Å². The van der Waals surface area contributed by atoms with Crippen LogP contribution in [0.3, 0.4) is 0 Å². The van der Waals surface area contributed by atoms with Crippen LogP contribution < -0.4 is 0 Å². The van der Waals surface area contributed by atoms with Gasteiger partial charge in [0, 0.05) is 23.7 Å². The van der Waals surface area contributed by atoms with Crippen molar-refractivity contribution in [3.8, 4) is 0 Å². The van der Waals surface area contributed by atoms with Crippen molar-refractivity contribution < 1.29 is 5.11 Å². The predicted molar refractivity (Wildman–Crippen MR) is 84.1 cm³/mol. The first kappa shape index (κ1) is 15.8. The molecule has 4 heteroatoms. The van der Waals surface area contributed by atoms with Gasteiger partial charge in [-0.15, -0.1) is 0 Å². The van der Waals surface area contributed by atoms with Crippen molar-refractivity contribution in [3.63, 3.8) is 0 Å². The molecule has 0 spiro atoms. The highest BCUT2D eigenvalue weighted by Gasteiger charge is 2.20. The molecule has 0 bridgehead atoms. The average molecular weight is 297 g/mol. The molecule has 0 radical (unpaired) electrons. The first-order valence-electron chi connectivity index (χ1n) is 7.36. The second-order valence-corrected chi connectivity index (χ2v) is 6.41. The molecule has 1 aromatic carbocycles. The topological polar surface area (TPSA) is 26.7 Å². The maximum Gasteiger partial charge on any atom is 0.0931 e. The van der Waals surface area contributed by atoms with E-state index in [1.54, 1.807) is 0 Å². The fourth-order valence-corrected chi connectivity index (χ4v) is 3.16. The summed E-state index contributed by atoms with van der Waals surface area (Å²) in [6, 6.07) is 7.54. The van der Waals surface area contributed by atoms with Crippen LogP contribution in [-0.4, -0.2) is 55.2 Å². The molecule has 2 rings (SSSR count). The average Bonchev–Trinajstić information content (AvgIpc) is 2.41. The van der Waals surface area contributed by atoms with Crippen molar-refractivity contribution in [3.05, 3.63) is 34.9 Å². The fourth-order valence-electron chi connectivity index (χ4n) is 2.90. The third-order valence-electron chi connectivity index (χ3n) is 4.16. The normalized spacial score (nSPS) is 19.4. The van der Waals surface area contributed by atoms with Crippen LogP contribution in [0.1, 0.15) is 24.5 Å². The number of aliphatic hydroxyl groups is 1. The van der Waals surface area contributed by atoms with Gasteiger partial charge >= 0.3 is 0 Å². The van der Waals surface area contributed by atoms with Gasteiger partial charge in [0.25, 0.3) is 0 Å². The molecule has 1 unspecified atom stereocenters. The minimum absolute atomic E-state index is 0.514. The molecular weight excluding hydrogens is 272 g/mol. The molecule has 112 valence electrons. The summed E-state index contributed by atoms with van der Waals surface area (Å²) < 4.78 is 0. The van der Waals surface area contributed by atoms with Gasteiger partial charge in [0.2, 0.25) is 0 Å². The number of halogens is 1. The molecule has 1 aliphatic heterocycles. The Morgan fingerprint density at radius 3 is 2.65 bits per heavy atom. The second-order valence-electron chi connectivity index (χ2n) is 6.01. The molecule has 0 saturated carbocycles. The smallest absolute Gasteiger partial charge is 0.0931 e. The maximum absolute atomic E-state index is 10.3. The Labute approximate surface area is 127 Å². The van der Waals surface area contributed by atoms with Gasteiger partial charge in [-0.2, -0.15) is 0 Å². The summed E-state index contributed by atoms with van der Waals surface area (Å²) in [5.41, 5.74) is 0.824. The molecule has 1 N–H and O–H groups in total. The van der Waals surface area contributed by atoms with Gasteiger partial charge in [0.15, 0.2) is 0 Å². The number of likely N-dealkylation sites (tertiary alicyclic amines) is 1. The highest BCUT2D eigenvalue weighted by Crippen LogP contribution is 2.24. The Morgan fingerprint density at radius 2 is 2.00 bits per heavy atom. The SMILES string of the molecule is CN1CCC(CN(C)CC(O)c2ccccc2Cl)CC1. The maximum atomic E-state index is 10.3. The molecule has 1 heterocycles. The second kappa shape index (κ2) is 7.41. The number of hydrogen-bond donors (Lipinski definition) is 1. The third kappa shape index (κ3) is 4.45. The van der Waals surface area contributed by atoms with Crippen LogP contribution in [0.15, 0.2) is 24.3 Å². The van der Waals surface area contributed by atoms with Gasteiger partial charge < -0.3 is 14.9 Å². The van der Waals surface area contributed by atoms with Gasteiger partial charge in [0.05, 0.1) is 6.10 Å². The third-order valence-corrected chi connectivity index (χ3v) is 4.50. The van der Waals surface area contributed by atoms with Crippen molar-refractivity contribution in [1.29, 1.82) is 0 Å². The van der Waals surface area contributed by atoms with Crippen LogP contribution in [0.4, 0.5) is 0 Å². The lowest BCUT2D eigenvalue weighted by molar-refractivity contribution is 0.106. The molecule has 20 heavy (non-hydrogen) atoms. The van der Waals surface area contributed by atoms with Gasteiger partial charge in [-0.1, -0.05) is 29.8 Å². The van der Waals surface area contributed by atoms with Crippen molar-refractivity contribution in [2.24, 2.45) is 5.92 Å². The monoisotopic (exact) mass is 296 g/mol. The summed E-state index contributed by atoms with van der Waals surface area (Å²) in [6.07, 6.45) is 1.99. The molecule has 0 aromatic heterocycles. The van der Waals surface area contributed by atoms with Crippen molar-refractivity contribution in [1.82, 2.24) is 9.80 Å². The molecule has 1 saturated heterocycles. The highest BCUT2D eigenvalue weighted by molar-refractivity contribution is 6.31. The fraction of sp³-hybridized carbons (Fsp3) is 0.625. The van der Waals surface area contributed by atoms with E-state index in [2.05, 4.69) is 23.9 Å². The van der Waals surface area contributed by atoms with Gasteiger partial charge in [-0.3, -0.25) is 0 Å². The summed E-state index contributed by atoms with van der Waals surface area (Å²) in [5.74, 6) is 0.745. The predicted octanol–water partition coefficient (Wildman–Crippen LogP) is 2.65. The Morgan fingerprint density at radius 1 is 1.35 bits per heavy atom. The van der Waals surface area contributed by atoms with Crippen LogP contribution >= 0.6 is 11.6 Å². The summed E-state index contributed by atoms with van der Waals surface area (Å²) >= 11 is 6.13. The summed E-state index contributed by atoms with van der Waals surface area (Å²) in [6.45, 7) is 4.06. The number of aliphatic hydroxyl groups excluding tert-OH is 1. The van der Waals surface area contributed by atoms with Gasteiger partial charge in [-0.25, -0.2) is 0 Å². The minimum atomic E-state index is -0.514. The number of benzene rings is 1. The lowest BCUT2D eigenvalue weighted by atomic mass is 9.96. The van der Waals surface area contributed by atoms with Gasteiger partial charge in [0.1, 0.15) is 0 Å². The molecular formula is C16H25ClN2O. The molecule has 1 aromatic rings. The zero-order valence-electron chi connectivity index (χ0n) is 12.4. The van der Waals surface area contributed by atoms with Crippen molar-refractivity contribution >= 4 is 11.6 Å². The summed E-state index contributed by atoms with van der Waals surface area (Å²) in [7, 11) is 4.26. The van der Waals surface area contributed by atoms with Crippen LogP contribution in [0.2, 0.25) is 5.02 Å². The number of rotatable bonds is 5. The molecule has 0 aliphatic carbocycles.